The minimum atomic E-state index is 0.0411. The van der Waals surface area contributed by atoms with Gasteiger partial charge in [-0.3, -0.25) is 4.79 Å². The molecule has 1 aromatic rings. The lowest BCUT2D eigenvalue weighted by Crippen LogP contribution is -2.47. The van der Waals surface area contributed by atoms with Crippen molar-refractivity contribution in [3.63, 3.8) is 0 Å². The van der Waals surface area contributed by atoms with Crippen LogP contribution >= 0.6 is 0 Å². The van der Waals surface area contributed by atoms with E-state index in [1.807, 2.05) is 24.3 Å². The number of hydrogen-bond donors (Lipinski definition) is 2. The Labute approximate surface area is 114 Å². The van der Waals surface area contributed by atoms with Gasteiger partial charge < -0.3 is 15.4 Å². The molecule has 2 rings (SSSR count). The molecular weight excluding hydrogens is 240 g/mol. The molecule has 1 aliphatic heterocycles. The minimum absolute atomic E-state index is 0.0411. The van der Waals surface area contributed by atoms with Gasteiger partial charge in [-0.1, -0.05) is 18.2 Å². The van der Waals surface area contributed by atoms with Crippen LogP contribution in [-0.2, 0) is 11.2 Å². The van der Waals surface area contributed by atoms with Gasteiger partial charge in [0.1, 0.15) is 5.75 Å². The predicted octanol–water partition coefficient (Wildman–Crippen LogP) is 1.50. The summed E-state index contributed by atoms with van der Waals surface area (Å²) in [6.45, 7) is 3.88. The molecule has 4 heteroatoms. The maximum Gasteiger partial charge on any atom is 0.224 e. The van der Waals surface area contributed by atoms with Crippen LogP contribution in [0.3, 0.4) is 0 Å². The summed E-state index contributed by atoms with van der Waals surface area (Å²) in [6.07, 6.45) is 2.65. The molecule has 1 heterocycles. The molecule has 19 heavy (non-hydrogen) atoms. The van der Waals surface area contributed by atoms with E-state index < -0.39 is 0 Å². The van der Waals surface area contributed by atoms with Crippen LogP contribution < -0.4 is 15.4 Å². The van der Waals surface area contributed by atoms with Gasteiger partial charge in [-0.05, 0) is 32.4 Å². The van der Waals surface area contributed by atoms with E-state index >= 15 is 0 Å². The summed E-state index contributed by atoms with van der Waals surface area (Å²) in [7, 11) is 1.63. The first-order valence-electron chi connectivity index (χ1n) is 6.77. The smallest absolute Gasteiger partial charge is 0.224 e. The van der Waals surface area contributed by atoms with Crippen molar-refractivity contribution < 1.29 is 9.53 Å². The normalized spacial score (nSPS) is 22.2. The predicted molar refractivity (Wildman–Crippen MR) is 75.3 cm³/mol. The number of amides is 1. The van der Waals surface area contributed by atoms with Crippen LogP contribution in [0.1, 0.15) is 25.3 Å². The third-order valence-electron chi connectivity index (χ3n) is 3.68. The zero-order valence-corrected chi connectivity index (χ0v) is 11.7. The number of nitrogens with one attached hydrogen (secondary N) is 2. The van der Waals surface area contributed by atoms with E-state index in [2.05, 4.69) is 17.6 Å². The molecule has 4 nitrogen and oxygen atoms in total. The quantitative estimate of drug-likeness (QED) is 0.845. The molecule has 1 unspecified atom stereocenters. The van der Waals surface area contributed by atoms with Crippen LogP contribution in [0.5, 0.6) is 5.75 Å². The molecule has 0 spiro atoms. The summed E-state index contributed by atoms with van der Waals surface area (Å²) < 4.78 is 5.25. The molecule has 0 aromatic heterocycles. The number of rotatable bonds is 5. The fourth-order valence-electron chi connectivity index (χ4n) is 2.49. The van der Waals surface area contributed by atoms with Crippen molar-refractivity contribution in [3.8, 4) is 5.75 Å². The Bertz CT molecular complexity index is 440. The van der Waals surface area contributed by atoms with Crippen LogP contribution in [0.4, 0.5) is 0 Å². The van der Waals surface area contributed by atoms with Crippen molar-refractivity contribution >= 4 is 5.91 Å². The Morgan fingerprint density at radius 3 is 2.95 bits per heavy atom. The molecule has 2 N–H and O–H groups in total. The number of ether oxygens (including phenoxy) is 1. The van der Waals surface area contributed by atoms with Crippen LogP contribution in [0, 0.1) is 0 Å². The molecule has 1 aliphatic rings. The molecule has 1 atom stereocenters. The Kier molecular flexibility index (Phi) is 4.43. The first-order valence-corrected chi connectivity index (χ1v) is 6.77. The first kappa shape index (κ1) is 13.9. The number of carbonyl (C=O) groups excluding carboxylic acids is 1. The zero-order valence-electron chi connectivity index (χ0n) is 11.7. The fourth-order valence-corrected chi connectivity index (χ4v) is 2.49. The number of carbonyl (C=O) groups is 1. The summed E-state index contributed by atoms with van der Waals surface area (Å²) in [6, 6.07) is 7.63. The number of methoxy groups -OCH3 is 1. The molecule has 1 amide bonds. The molecule has 0 aliphatic carbocycles. The fraction of sp³-hybridized carbons (Fsp3) is 0.533. The topological polar surface area (TPSA) is 50.4 Å². The van der Waals surface area contributed by atoms with Gasteiger partial charge in [0.2, 0.25) is 5.91 Å². The van der Waals surface area contributed by atoms with Crippen molar-refractivity contribution in [3.05, 3.63) is 29.8 Å². The average molecular weight is 262 g/mol. The van der Waals surface area contributed by atoms with E-state index in [-0.39, 0.29) is 11.4 Å². The summed E-state index contributed by atoms with van der Waals surface area (Å²) in [5.41, 5.74) is 0.975. The lowest BCUT2D eigenvalue weighted by atomic mass is 10.0. The van der Waals surface area contributed by atoms with E-state index in [1.54, 1.807) is 7.11 Å². The summed E-state index contributed by atoms with van der Waals surface area (Å²) >= 11 is 0. The highest BCUT2D eigenvalue weighted by Crippen LogP contribution is 2.19. The maximum atomic E-state index is 12.0. The number of para-hydroxylation sites is 1. The van der Waals surface area contributed by atoms with Crippen LogP contribution in [0.25, 0.3) is 0 Å². The second kappa shape index (κ2) is 6.06. The average Bonchev–Trinajstić information content (AvgIpc) is 2.85. The lowest BCUT2D eigenvalue weighted by Gasteiger charge is -2.24. The Hall–Kier alpha value is -1.55. The highest BCUT2D eigenvalue weighted by Gasteiger charge is 2.28. The van der Waals surface area contributed by atoms with Gasteiger partial charge in [0.15, 0.2) is 0 Å². The molecular formula is C15H22N2O2. The van der Waals surface area contributed by atoms with E-state index in [9.17, 15) is 4.79 Å². The number of hydrogen-bond acceptors (Lipinski definition) is 3. The highest BCUT2D eigenvalue weighted by molar-refractivity contribution is 5.79. The second-order valence-corrected chi connectivity index (χ2v) is 5.36. The molecule has 0 radical (unpaired) electrons. The Morgan fingerprint density at radius 1 is 1.47 bits per heavy atom. The van der Waals surface area contributed by atoms with Crippen molar-refractivity contribution in [2.24, 2.45) is 0 Å². The van der Waals surface area contributed by atoms with E-state index in [0.717, 1.165) is 24.3 Å². The van der Waals surface area contributed by atoms with E-state index in [4.69, 9.17) is 4.74 Å². The van der Waals surface area contributed by atoms with Gasteiger partial charge in [-0.15, -0.1) is 0 Å². The summed E-state index contributed by atoms with van der Waals surface area (Å²) in [5.74, 6) is 0.808. The van der Waals surface area contributed by atoms with E-state index in [1.165, 1.54) is 6.42 Å². The maximum absolute atomic E-state index is 12.0. The third-order valence-corrected chi connectivity index (χ3v) is 3.68. The van der Waals surface area contributed by atoms with Gasteiger partial charge in [-0.25, -0.2) is 0 Å². The summed E-state index contributed by atoms with van der Waals surface area (Å²) in [4.78, 5) is 12.0. The van der Waals surface area contributed by atoms with Gasteiger partial charge in [0.05, 0.1) is 13.5 Å². The van der Waals surface area contributed by atoms with Crippen molar-refractivity contribution in [2.75, 3.05) is 20.2 Å². The standard InChI is InChI=1S/C15H22N2O2/c1-15(8-5-9-17-15)11-16-14(18)10-12-6-3-4-7-13(12)19-2/h3-4,6-7,17H,5,8-11H2,1-2H3,(H,16,18). The van der Waals surface area contributed by atoms with Crippen molar-refractivity contribution in [2.45, 2.75) is 31.7 Å². The zero-order chi connectivity index (χ0) is 13.7. The molecule has 0 bridgehead atoms. The summed E-state index contributed by atoms with van der Waals surface area (Å²) in [5, 5.41) is 6.44. The van der Waals surface area contributed by atoms with E-state index in [0.29, 0.717) is 13.0 Å². The Morgan fingerprint density at radius 2 is 2.26 bits per heavy atom. The number of benzene rings is 1. The van der Waals surface area contributed by atoms with Gasteiger partial charge in [0.25, 0.3) is 0 Å². The first-order chi connectivity index (χ1) is 9.13. The SMILES string of the molecule is COc1ccccc1CC(=O)NCC1(C)CCCN1. The highest BCUT2D eigenvalue weighted by atomic mass is 16.5. The lowest BCUT2D eigenvalue weighted by molar-refractivity contribution is -0.120. The molecule has 1 aromatic carbocycles. The third kappa shape index (κ3) is 3.70. The van der Waals surface area contributed by atoms with Gasteiger partial charge >= 0.3 is 0 Å². The monoisotopic (exact) mass is 262 g/mol. The second-order valence-electron chi connectivity index (χ2n) is 5.36. The van der Waals surface area contributed by atoms with Crippen LogP contribution in [0.2, 0.25) is 0 Å². The van der Waals surface area contributed by atoms with Gasteiger partial charge in [-0.2, -0.15) is 0 Å². The van der Waals surface area contributed by atoms with Crippen LogP contribution in [0.15, 0.2) is 24.3 Å². The van der Waals surface area contributed by atoms with Crippen molar-refractivity contribution in [1.82, 2.24) is 10.6 Å². The molecule has 1 fully saturated rings. The molecule has 104 valence electrons. The van der Waals surface area contributed by atoms with Crippen molar-refractivity contribution in [1.29, 1.82) is 0 Å². The van der Waals surface area contributed by atoms with Gasteiger partial charge in [0, 0.05) is 17.6 Å². The van der Waals surface area contributed by atoms with Crippen LogP contribution in [-0.4, -0.2) is 31.6 Å². The largest absolute Gasteiger partial charge is 0.496 e. The molecule has 1 saturated heterocycles. The Balaban J connectivity index is 1.87. The molecule has 0 saturated carbocycles. The minimum Gasteiger partial charge on any atom is -0.496 e.